The van der Waals surface area contributed by atoms with Crippen LogP contribution in [0.3, 0.4) is 0 Å². The Morgan fingerprint density at radius 1 is 1.37 bits per heavy atom. The Hall–Kier alpha value is -0.820. The molecule has 1 aromatic carbocycles. The molecule has 1 aromatic heterocycles. The molecular formula is C14H12BrIN2O. The van der Waals surface area contributed by atoms with E-state index in [0.29, 0.717) is 11.7 Å². The van der Waals surface area contributed by atoms with E-state index < -0.39 is 0 Å². The average molecular weight is 431 g/mol. The molecule has 3 nitrogen and oxygen atoms in total. The molecule has 3 rings (SSSR count). The molecule has 1 N–H and O–H groups in total. The van der Waals surface area contributed by atoms with E-state index in [-0.39, 0.29) is 5.91 Å². The molecule has 0 spiro atoms. The third-order valence-electron chi connectivity index (χ3n) is 3.07. The Morgan fingerprint density at radius 3 is 2.84 bits per heavy atom. The number of amides is 1. The molecule has 0 saturated heterocycles. The summed E-state index contributed by atoms with van der Waals surface area (Å²) in [5.74, 6) is -0.0559. The Labute approximate surface area is 133 Å². The van der Waals surface area contributed by atoms with Crippen LogP contribution >= 0.6 is 38.5 Å². The lowest BCUT2D eigenvalue weighted by atomic mass is 10.3. The van der Waals surface area contributed by atoms with E-state index in [9.17, 15) is 4.79 Å². The van der Waals surface area contributed by atoms with Gasteiger partial charge in [0, 0.05) is 26.0 Å². The Balaban J connectivity index is 1.84. The molecule has 2 aromatic rings. The van der Waals surface area contributed by atoms with E-state index in [2.05, 4.69) is 48.4 Å². The van der Waals surface area contributed by atoms with Gasteiger partial charge < -0.3 is 9.88 Å². The first-order valence-corrected chi connectivity index (χ1v) is 7.95. The van der Waals surface area contributed by atoms with Crippen molar-refractivity contribution in [2.75, 3.05) is 5.32 Å². The van der Waals surface area contributed by atoms with Gasteiger partial charge in [0.15, 0.2) is 0 Å². The predicted octanol–water partition coefficient (Wildman–Crippen LogP) is 4.44. The van der Waals surface area contributed by atoms with Gasteiger partial charge in [-0.1, -0.05) is 6.07 Å². The fourth-order valence-electron chi connectivity index (χ4n) is 2.04. The molecule has 1 heterocycles. The van der Waals surface area contributed by atoms with Crippen LogP contribution in [-0.2, 0) is 0 Å². The van der Waals surface area contributed by atoms with Crippen LogP contribution in [0.15, 0.2) is 41.0 Å². The van der Waals surface area contributed by atoms with Crippen molar-refractivity contribution in [2.45, 2.75) is 18.9 Å². The summed E-state index contributed by atoms with van der Waals surface area (Å²) in [5.41, 5.74) is 1.55. The number of rotatable bonds is 3. The highest BCUT2D eigenvalue weighted by Crippen LogP contribution is 2.37. The lowest BCUT2D eigenvalue weighted by Crippen LogP contribution is -2.16. The lowest BCUT2D eigenvalue weighted by Gasteiger charge is -2.08. The highest BCUT2D eigenvalue weighted by atomic mass is 127. The van der Waals surface area contributed by atoms with Crippen molar-refractivity contribution in [3.8, 4) is 0 Å². The van der Waals surface area contributed by atoms with Crippen LogP contribution in [0.1, 0.15) is 29.4 Å². The van der Waals surface area contributed by atoms with Crippen LogP contribution in [0.2, 0.25) is 0 Å². The molecule has 1 aliphatic rings. The van der Waals surface area contributed by atoms with Gasteiger partial charge in [-0.05, 0) is 75.6 Å². The van der Waals surface area contributed by atoms with Crippen molar-refractivity contribution >= 4 is 50.1 Å². The number of aromatic nitrogens is 1. The second-order valence-corrected chi connectivity index (χ2v) is 6.81. The molecule has 1 aliphatic carbocycles. The number of nitrogens with one attached hydrogen (secondary N) is 1. The molecule has 0 unspecified atom stereocenters. The van der Waals surface area contributed by atoms with E-state index in [0.717, 1.165) is 26.6 Å². The molecule has 1 amide bonds. The summed E-state index contributed by atoms with van der Waals surface area (Å²) in [6.07, 6.45) is 4.30. The van der Waals surface area contributed by atoms with Crippen LogP contribution in [0.5, 0.6) is 0 Å². The third-order valence-corrected chi connectivity index (χ3v) is 4.18. The van der Waals surface area contributed by atoms with Gasteiger partial charge in [0.1, 0.15) is 5.69 Å². The number of anilines is 1. The minimum Gasteiger partial charge on any atom is -0.339 e. The molecule has 0 radical (unpaired) electrons. The van der Waals surface area contributed by atoms with Crippen LogP contribution in [0.25, 0.3) is 0 Å². The first-order valence-electron chi connectivity index (χ1n) is 6.08. The first-order chi connectivity index (χ1) is 9.13. The van der Waals surface area contributed by atoms with Gasteiger partial charge in [0.05, 0.1) is 0 Å². The summed E-state index contributed by atoms with van der Waals surface area (Å²) in [7, 11) is 0. The van der Waals surface area contributed by atoms with Gasteiger partial charge in [-0.15, -0.1) is 0 Å². The zero-order chi connectivity index (χ0) is 13.4. The zero-order valence-electron chi connectivity index (χ0n) is 10.1. The molecular weight excluding hydrogens is 419 g/mol. The van der Waals surface area contributed by atoms with Crippen LogP contribution in [-0.4, -0.2) is 10.5 Å². The van der Waals surface area contributed by atoms with Crippen molar-refractivity contribution in [3.05, 3.63) is 50.3 Å². The third kappa shape index (κ3) is 3.02. The Kier molecular flexibility index (Phi) is 3.66. The lowest BCUT2D eigenvalue weighted by molar-refractivity contribution is 0.101. The second kappa shape index (κ2) is 5.28. The largest absolute Gasteiger partial charge is 0.339 e. The smallest absolute Gasteiger partial charge is 0.272 e. The maximum atomic E-state index is 12.3. The van der Waals surface area contributed by atoms with Gasteiger partial charge in [-0.2, -0.15) is 0 Å². The van der Waals surface area contributed by atoms with Crippen LogP contribution in [0, 0.1) is 3.57 Å². The molecule has 19 heavy (non-hydrogen) atoms. The van der Waals surface area contributed by atoms with E-state index in [4.69, 9.17) is 0 Å². The van der Waals surface area contributed by atoms with Crippen LogP contribution < -0.4 is 5.32 Å². The van der Waals surface area contributed by atoms with Crippen molar-refractivity contribution in [1.82, 2.24) is 4.57 Å². The molecule has 1 saturated carbocycles. The SMILES string of the molecule is O=C(Nc1cccc(I)c1)c1cc(Br)cn1C1CC1. The average Bonchev–Trinajstić information content (AvgIpc) is 3.12. The summed E-state index contributed by atoms with van der Waals surface area (Å²) in [6.45, 7) is 0. The minimum absolute atomic E-state index is 0.0559. The van der Waals surface area contributed by atoms with E-state index in [1.165, 1.54) is 0 Å². The molecule has 0 atom stereocenters. The highest BCUT2D eigenvalue weighted by Gasteiger charge is 2.27. The normalized spacial score (nSPS) is 14.4. The molecule has 0 bridgehead atoms. The minimum atomic E-state index is -0.0559. The van der Waals surface area contributed by atoms with E-state index >= 15 is 0 Å². The van der Waals surface area contributed by atoms with Crippen molar-refractivity contribution in [1.29, 1.82) is 0 Å². The topological polar surface area (TPSA) is 34.0 Å². The fourth-order valence-corrected chi connectivity index (χ4v) is 3.02. The van der Waals surface area contributed by atoms with Gasteiger partial charge in [-0.25, -0.2) is 0 Å². The van der Waals surface area contributed by atoms with Gasteiger partial charge in [0.25, 0.3) is 5.91 Å². The standard InChI is InChI=1S/C14H12BrIN2O/c15-9-6-13(18(8-9)12-4-5-12)14(19)17-11-3-1-2-10(16)7-11/h1-3,6-8,12H,4-5H2,(H,17,19). The summed E-state index contributed by atoms with van der Waals surface area (Å²) in [5, 5.41) is 2.95. The quantitative estimate of drug-likeness (QED) is 0.717. The molecule has 98 valence electrons. The predicted molar refractivity (Wildman–Crippen MR) is 87.5 cm³/mol. The maximum Gasteiger partial charge on any atom is 0.272 e. The van der Waals surface area contributed by atoms with Gasteiger partial charge >= 0.3 is 0 Å². The Morgan fingerprint density at radius 2 is 2.16 bits per heavy atom. The van der Waals surface area contributed by atoms with Crippen LogP contribution in [0.4, 0.5) is 5.69 Å². The summed E-state index contributed by atoms with van der Waals surface area (Å²) in [4.78, 5) is 12.3. The molecule has 5 heteroatoms. The second-order valence-electron chi connectivity index (χ2n) is 4.65. The van der Waals surface area contributed by atoms with E-state index in [1.807, 2.05) is 36.5 Å². The zero-order valence-corrected chi connectivity index (χ0v) is 13.8. The van der Waals surface area contributed by atoms with Gasteiger partial charge in [-0.3, -0.25) is 4.79 Å². The fraction of sp³-hybridized carbons (Fsp3) is 0.214. The number of hydrogen-bond donors (Lipinski definition) is 1. The number of nitrogens with zero attached hydrogens (tertiary/aromatic N) is 1. The summed E-state index contributed by atoms with van der Waals surface area (Å²) >= 11 is 5.68. The highest BCUT2D eigenvalue weighted by molar-refractivity contribution is 14.1. The molecule has 1 fully saturated rings. The maximum absolute atomic E-state index is 12.3. The number of hydrogen-bond acceptors (Lipinski definition) is 1. The van der Waals surface area contributed by atoms with E-state index in [1.54, 1.807) is 0 Å². The van der Waals surface area contributed by atoms with Gasteiger partial charge in [0.2, 0.25) is 0 Å². The number of carbonyl (C=O) groups is 1. The number of carbonyl (C=O) groups excluding carboxylic acids is 1. The monoisotopic (exact) mass is 430 g/mol. The first kappa shape index (κ1) is 13.2. The molecule has 0 aliphatic heterocycles. The van der Waals surface area contributed by atoms with Crippen molar-refractivity contribution in [2.24, 2.45) is 0 Å². The summed E-state index contributed by atoms with van der Waals surface area (Å²) < 4.78 is 4.12. The van der Waals surface area contributed by atoms with Crippen molar-refractivity contribution in [3.63, 3.8) is 0 Å². The number of halogens is 2. The Bertz CT molecular complexity index is 634. The summed E-state index contributed by atoms with van der Waals surface area (Å²) in [6, 6.07) is 10.2. The van der Waals surface area contributed by atoms with Crippen molar-refractivity contribution < 1.29 is 4.79 Å². The number of benzene rings is 1.